The Labute approximate surface area is 55.6 Å². The molecular weight excluding hydrogens is 114 g/mol. The summed E-state index contributed by atoms with van der Waals surface area (Å²) in [5, 5.41) is 1.91. The number of amides is 1. The predicted octanol–water partition coefficient (Wildman–Crippen LogP) is 0.431. The minimum absolute atomic E-state index is 0.210. The molecule has 0 aliphatic heterocycles. The third-order valence-corrected chi connectivity index (χ3v) is 0.605. The first-order valence-corrected chi connectivity index (χ1v) is 2.69. The highest BCUT2D eigenvalue weighted by Crippen LogP contribution is 1.84. The lowest BCUT2D eigenvalue weighted by atomic mass is 10.2. The van der Waals surface area contributed by atoms with Crippen LogP contribution in [0.1, 0.15) is 13.8 Å². The largest absolute Gasteiger partial charge is 0.338 e. The Bertz CT molecular complexity index is 150. The zero-order valence-electron chi connectivity index (χ0n) is 5.56. The molecule has 0 aliphatic rings. The fourth-order valence-electron chi connectivity index (χ4n) is 0.246. The lowest BCUT2D eigenvalue weighted by Crippen LogP contribution is -2.12. The maximum atomic E-state index is 10.3. The predicted molar refractivity (Wildman–Crippen MR) is 35.1 cm³/mol. The summed E-state index contributed by atoms with van der Waals surface area (Å²) < 4.78 is 0. The Hall–Kier alpha value is -0.970. The molecule has 0 aliphatic carbocycles. The van der Waals surface area contributed by atoms with Gasteiger partial charge in [-0.3, -0.25) is 4.79 Å². The van der Waals surface area contributed by atoms with Crippen LogP contribution in [0.4, 0.5) is 0 Å². The summed E-state index contributed by atoms with van der Waals surface area (Å²) in [6, 6.07) is 0. The number of hydrogen-bond donors (Lipinski definition) is 1. The van der Waals surface area contributed by atoms with E-state index in [0.29, 0.717) is 0 Å². The van der Waals surface area contributed by atoms with E-state index in [1.54, 1.807) is 0 Å². The van der Waals surface area contributed by atoms with Crippen molar-refractivity contribution < 1.29 is 4.79 Å². The van der Waals surface area contributed by atoms with Crippen molar-refractivity contribution in [2.45, 2.75) is 13.8 Å². The third-order valence-electron chi connectivity index (χ3n) is 0.605. The molecule has 0 unspecified atom stereocenters. The van der Waals surface area contributed by atoms with E-state index in [-0.39, 0.29) is 5.92 Å². The Kier molecular flexibility index (Phi) is 3.54. The van der Waals surface area contributed by atoms with Crippen LogP contribution in [0, 0.1) is 24.8 Å². The van der Waals surface area contributed by atoms with Crippen molar-refractivity contribution in [1.82, 2.24) is 5.32 Å². The molecule has 0 saturated heterocycles. The van der Waals surface area contributed by atoms with Crippen molar-refractivity contribution >= 4 is 5.91 Å². The molecule has 2 nitrogen and oxygen atoms in total. The molecule has 1 amide bonds. The fraction of sp³-hybridized carbons (Fsp3) is 0.429. The summed E-state index contributed by atoms with van der Waals surface area (Å²) >= 11 is 0. The molecule has 0 aromatic carbocycles. The van der Waals surface area contributed by atoms with Crippen LogP contribution in [0.2, 0.25) is 0 Å². The first-order chi connectivity index (χ1) is 4.16. The fourth-order valence-corrected chi connectivity index (χ4v) is 0.246. The van der Waals surface area contributed by atoms with E-state index in [1.807, 2.05) is 19.2 Å². The zero-order valence-corrected chi connectivity index (χ0v) is 5.56. The normalized spacial score (nSPS) is 8.00. The van der Waals surface area contributed by atoms with Gasteiger partial charge in [0.2, 0.25) is 0 Å². The summed E-state index contributed by atoms with van der Waals surface area (Å²) in [6.07, 6.45) is 0. The molecule has 0 aromatic heterocycles. The molecule has 48 valence electrons. The van der Waals surface area contributed by atoms with E-state index in [2.05, 4.69) is 11.8 Å². The second kappa shape index (κ2) is 3.96. The number of nitrogens with one attached hydrogen (secondary N) is 1. The van der Waals surface area contributed by atoms with Gasteiger partial charge in [-0.15, -0.1) is 0 Å². The van der Waals surface area contributed by atoms with Crippen molar-refractivity contribution in [2.24, 2.45) is 5.92 Å². The Morgan fingerprint density at radius 2 is 2.22 bits per heavy atom. The van der Waals surface area contributed by atoms with Gasteiger partial charge in [0.1, 0.15) is 0 Å². The first-order valence-electron chi connectivity index (χ1n) is 2.69. The van der Waals surface area contributed by atoms with E-state index >= 15 is 0 Å². The molecule has 0 atom stereocenters. The summed E-state index contributed by atoms with van der Waals surface area (Å²) in [5.74, 6) is 4.73. The van der Waals surface area contributed by atoms with Crippen LogP contribution in [-0.4, -0.2) is 5.91 Å². The van der Waals surface area contributed by atoms with Gasteiger partial charge in [0.05, 0.1) is 7.05 Å². The minimum atomic E-state index is -0.441. The van der Waals surface area contributed by atoms with Crippen LogP contribution in [0.25, 0.3) is 0 Å². The van der Waals surface area contributed by atoms with Crippen molar-refractivity contribution in [3.63, 3.8) is 0 Å². The lowest BCUT2D eigenvalue weighted by molar-refractivity contribution is -0.114. The van der Waals surface area contributed by atoms with E-state index < -0.39 is 5.91 Å². The maximum absolute atomic E-state index is 10.3. The lowest BCUT2D eigenvalue weighted by Gasteiger charge is -1.86. The van der Waals surface area contributed by atoms with E-state index in [1.165, 1.54) is 0 Å². The van der Waals surface area contributed by atoms with Crippen LogP contribution in [0.5, 0.6) is 0 Å². The van der Waals surface area contributed by atoms with Gasteiger partial charge in [0.15, 0.2) is 0 Å². The molecule has 0 aromatic rings. The SMILES string of the molecule is [CH]NC(=O)C#CC(C)C. The molecule has 1 N–H and O–H groups in total. The smallest absolute Gasteiger partial charge is 0.296 e. The van der Waals surface area contributed by atoms with Crippen LogP contribution in [0.3, 0.4) is 0 Å². The average Bonchev–Trinajstić information content (AvgIpc) is 1.83. The Balaban J connectivity index is 3.73. The molecule has 0 rings (SSSR count). The molecule has 0 fully saturated rings. The average molecular weight is 123 g/mol. The topological polar surface area (TPSA) is 29.1 Å². The van der Waals surface area contributed by atoms with Gasteiger partial charge < -0.3 is 5.32 Å². The number of carbonyl (C=O) groups excluding carboxylic acids is 1. The monoisotopic (exact) mass is 123 g/mol. The van der Waals surface area contributed by atoms with Crippen LogP contribution >= 0.6 is 0 Å². The van der Waals surface area contributed by atoms with E-state index in [4.69, 9.17) is 7.05 Å². The van der Waals surface area contributed by atoms with Crippen molar-refractivity contribution in [3.05, 3.63) is 7.05 Å². The van der Waals surface area contributed by atoms with Gasteiger partial charge in [-0.2, -0.15) is 0 Å². The highest BCUT2D eigenvalue weighted by Gasteiger charge is 1.87. The van der Waals surface area contributed by atoms with Gasteiger partial charge in [-0.1, -0.05) is 19.8 Å². The van der Waals surface area contributed by atoms with Crippen LogP contribution < -0.4 is 5.32 Å². The van der Waals surface area contributed by atoms with Gasteiger partial charge in [0, 0.05) is 5.92 Å². The minimum Gasteiger partial charge on any atom is -0.338 e. The second-order valence-corrected chi connectivity index (χ2v) is 1.90. The molecule has 2 heteroatoms. The molecule has 0 spiro atoms. The quantitative estimate of drug-likeness (QED) is 0.367. The maximum Gasteiger partial charge on any atom is 0.296 e. The molecule has 0 bridgehead atoms. The Morgan fingerprint density at radius 1 is 1.67 bits per heavy atom. The van der Waals surface area contributed by atoms with Crippen LogP contribution in [0.15, 0.2) is 0 Å². The van der Waals surface area contributed by atoms with Crippen molar-refractivity contribution in [3.8, 4) is 11.8 Å². The number of rotatable bonds is 0. The number of hydrogen-bond acceptors (Lipinski definition) is 1. The zero-order chi connectivity index (χ0) is 7.28. The first kappa shape index (κ1) is 8.03. The molecule has 9 heavy (non-hydrogen) atoms. The summed E-state index contributed by atoms with van der Waals surface area (Å²) in [4.78, 5) is 10.3. The van der Waals surface area contributed by atoms with Crippen molar-refractivity contribution in [2.75, 3.05) is 0 Å². The summed E-state index contributed by atoms with van der Waals surface area (Å²) in [7, 11) is 4.76. The molecule has 0 saturated carbocycles. The van der Waals surface area contributed by atoms with Gasteiger partial charge >= 0.3 is 0 Å². The van der Waals surface area contributed by atoms with E-state index in [9.17, 15) is 4.79 Å². The Morgan fingerprint density at radius 3 is 2.56 bits per heavy atom. The highest BCUT2D eigenvalue weighted by atomic mass is 16.1. The standard InChI is InChI=1S/C7H9NO/c1-6(2)4-5-7(9)8-3/h3,6H,1-2H3,(H,8,9). The summed E-state index contributed by atoms with van der Waals surface area (Å²) in [6.45, 7) is 3.80. The number of carbonyl (C=O) groups is 1. The second-order valence-electron chi connectivity index (χ2n) is 1.90. The van der Waals surface area contributed by atoms with Gasteiger partial charge in [-0.25, -0.2) is 0 Å². The van der Waals surface area contributed by atoms with Crippen molar-refractivity contribution in [1.29, 1.82) is 0 Å². The molecule has 0 heterocycles. The molecular formula is C7H9NO. The highest BCUT2D eigenvalue weighted by molar-refractivity contribution is 5.93. The van der Waals surface area contributed by atoms with Crippen LogP contribution in [-0.2, 0) is 4.79 Å². The van der Waals surface area contributed by atoms with E-state index in [0.717, 1.165) is 0 Å². The summed E-state index contributed by atoms with van der Waals surface area (Å²) in [5.41, 5.74) is 0. The van der Waals surface area contributed by atoms with Gasteiger partial charge in [0.25, 0.3) is 5.91 Å². The third kappa shape index (κ3) is 4.89. The van der Waals surface area contributed by atoms with Gasteiger partial charge in [-0.05, 0) is 5.92 Å². The molecule has 2 radical (unpaired) electrons.